The second-order valence-corrected chi connectivity index (χ2v) is 5.49. The van der Waals surface area contributed by atoms with Crippen LogP contribution < -0.4 is 0 Å². The average molecular weight is 257 g/mol. The number of likely N-dealkylation sites (tertiary alicyclic amines) is 1. The molecule has 2 rings (SSSR count). The molecule has 0 spiro atoms. The number of hydrogen-bond acceptors (Lipinski definition) is 2. The predicted octanol–water partition coefficient (Wildman–Crippen LogP) is 2.65. The third-order valence-electron chi connectivity index (χ3n) is 4.16. The summed E-state index contributed by atoms with van der Waals surface area (Å²) in [4.78, 5) is 2.57. The number of aliphatic hydroxyl groups excluding tert-OH is 1. The van der Waals surface area contributed by atoms with Gasteiger partial charge in [0.05, 0.1) is 0 Å². The monoisotopic (exact) mass is 257 g/mol. The summed E-state index contributed by atoms with van der Waals surface area (Å²) in [5.41, 5.74) is 2.31. The lowest BCUT2D eigenvalue weighted by molar-refractivity contribution is 0.106. The van der Waals surface area contributed by atoms with Crippen LogP contribution >= 0.6 is 0 Å². The molecule has 1 aromatic carbocycles. The van der Waals surface area contributed by atoms with Crippen molar-refractivity contribution in [1.29, 1.82) is 0 Å². The van der Waals surface area contributed by atoms with E-state index >= 15 is 0 Å². The molecule has 0 saturated carbocycles. The Morgan fingerprint density at radius 2 is 2.00 bits per heavy atom. The topological polar surface area (TPSA) is 23.5 Å². The lowest BCUT2D eigenvalue weighted by atomic mass is 9.91. The van der Waals surface area contributed by atoms with Gasteiger partial charge in [-0.25, -0.2) is 0 Å². The van der Waals surface area contributed by atoms with Gasteiger partial charge in [-0.05, 0) is 49.9 Å². The summed E-state index contributed by atoms with van der Waals surface area (Å²) in [6.45, 7) is 6.84. The summed E-state index contributed by atoms with van der Waals surface area (Å²) in [5, 5.41) is 8.67. The van der Waals surface area contributed by atoms with E-state index in [0.29, 0.717) is 6.04 Å². The van der Waals surface area contributed by atoms with Gasteiger partial charge in [-0.1, -0.05) is 30.9 Å². The van der Waals surface area contributed by atoms with Crippen molar-refractivity contribution >= 4 is 0 Å². The van der Waals surface area contributed by atoms with E-state index in [1.165, 1.54) is 24.9 Å². The van der Waals surface area contributed by atoms with Gasteiger partial charge in [-0.3, -0.25) is 4.90 Å². The highest BCUT2D eigenvalue weighted by Crippen LogP contribution is 2.24. The number of benzene rings is 1. The molecule has 2 unspecified atom stereocenters. The van der Waals surface area contributed by atoms with Crippen LogP contribution in [0.1, 0.15) is 37.8 Å². The van der Waals surface area contributed by atoms with Crippen molar-refractivity contribution in [2.24, 2.45) is 5.92 Å². The van der Waals surface area contributed by atoms with Crippen molar-refractivity contribution < 1.29 is 5.11 Å². The zero-order valence-electron chi connectivity index (χ0n) is 11.9. The van der Waals surface area contributed by atoms with Crippen molar-refractivity contribution in [3.63, 3.8) is 0 Å². The average Bonchev–Trinajstić information content (AvgIpc) is 2.43. The van der Waals surface area contributed by atoms with Crippen LogP contribution in [-0.2, 0) is 6.54 Å². The number of rotatable bonds is 2. The number of nitrogens with zero attached hydrogens (tertiary/aromatic N) is 1. The molecule has 1 aromatic rings. The minimum Gasteiger partial charge on any atom is -0.384 e. The van der Waals surface area contributed by atoms with Crippen molar-refractivity contribution in [1.82, 2.24) is 4.90 Å². The van der Waals surface area contributed by atoms with E-state index in [9.17, 15) is 0 Å². The fourth-order valence-electron chi connectivity index (χ4n) is 2.71. The van der Waals surface area contributed by atoms with Crippen LogP contribution in [-0.4, -0.2) is 29.2 Å². The first-order valence-electron chi connectivity index (χ1n) is 7.13. The van der Waals surface area contributed by atoms with Crippen molar-refractivity contribution in [3.8, 4) is 11.8 Å². The second kappa shape index (κ2) is 6.75. The molecule has 2 atom stereocenters. The maximum absolute atomic E-state index is 8.67. The van der Waals surface area contributed by atoms with Gasteiger partial charge in [0.2, 0.25) is 0 Å². The first-order chi connectivity index (χ1) is 9.20. The van der Waals surface area contributed by atoms with Crippen molar-refractivity contribution in [2.75, 3.05) is 13.2 Å². The van der Waals surface area contributed by atoms with Gasteiger partial charge in [0.15, 0.2) is 0 Å². The first kappa shape index (κ1) is 14.1. The molecule has 2 heteroatoms. The van der Waals surface area contributed by atoms with E-state index in [2.05, 4.69) is 42.7 Å². The van der Waals surface area contributed by atoms with E-state index in [0.717, 1.165) is 18.0 Å². The quantitative estimate of drug-likeness (QED) is 0.823. The largest absolute Gasteiger partial charge is 0.384 e. The Morgan fingerprint density at radius 1 is 1.26 bits per heavy atom. The van der Waals surface area contributed by atoms with E-state index < -0.39 is 0 Å². The fourth-order valence-corrected chi connectivity index (χ4v) is 2.71. The molecule has 0 aliphatic carbocycles. The lowest BCUT2D eigenvalue weighted by Crippen LogP contribution is -2.41. The van der Waals surface area contributed by atoms with Gasteiger partial charge < -0.3 is 5.11 Å². The Labute approximate surface area is 116 Å². The van der Waals surface area contributed by atoms with E-state index in [1.807, 2.05) is 12.1 Å². The SMILES string of the molecule is CC1CCCN(Cc2ccc(C#CCO)cc2)C1C. The van der Waals surface area contributed by atoms with Crippen LogP contribution in [0.5, 0.6) is 0 Å². The molecular formula is C17H23NO. The third-order valence-corrected chi connectivity index (χ3v) is 4.16. The Kier molecular flexibility index (Phi) is 5.01. The molecule has 0 bridgehead atoms. The fraction of sp³-hybridized carbons (Fsp3) is 0.529. The minimum absolute atomic E-state index is 0.0784. The highest BCUT2D eigenvalue weighted by atomic mass is 16.2. The van der Waals surface area contributed by atoms with Gasteiger partial charge in [0.25, 0.3) is 0 Å². The van der Waals surface area contributed by atoms with Gasteiger partial charge in [0.1, 0.15) is 6.61 Å². The number of aliphatic hydroxyl groups is 1. The summed E-state index contributed by atoms with van der Waals surface area (Å²) in [5.74, 6) is 6.40. The summed E-state index contributed by atoms with van der Waals surface area (Å²) in [6.07, 6.45) is 2.67. The maximum Gasteiger partial charge on any atom is 0.104 e. The molecule has 1 N–H and O–H groups in total. The Bertz CT molecular complexity index is 454. The molecule has 1 aliphatic heterocycles. The van der Waals surface area contributed by atoms with Crippen LogP contribution in [0.15, 0.2) is 24.3 Å². The minimum atomic E-state index is -0.0784. The summed E-state index contributed by atoms with van der Waals surface area (Å²) < 4.78 is 0. The molecule has 0 amide bonds. The molecule has 0 radical (unpaired) electrons. The van der Waals surface area contributed by atoms with Crippen LogP contribution in [0.4, 0.5) is 0 Å². The van der Waals surface area contributed by atoms with E-state index in [1.54, 1.807) is 0 Å². The molecule has 19 heavy (non-hydrogen) atoms. The highest BCUT2D eigenvalue weighted by Gasteiger charge is 2.24. The molecule has 1 saturated heterocycles. The maximum atomic E-state index is 8.67. The molecule has 102 valence electrons. The van der Waals surface area contributed by atoms with Gasteiger partial charge in [-0.2, -0.15) is 0 Å². The van der Waals surface area contributed by atoms with Crippen molar-refractivity contribution in [2.45, 2.75) is 39.3 Å². The second-order valence-electron chi connectivity index (χ2n) is 5.49. The zero-order valence-corrected chi connectivity index (χ0v) is 11.9. The number of hydrogen-bond donors (Lipinski definition) is 1. The summed E-state index contributed by atoms with van der Waals surface area (Å²) in [6, 6.07) is 9.04. The van der Waals surface area contributed by atoms with Crippen molar-refractivity contribution in [3.05, 3.63) is 35.4 Å². The van der Waals surface area contributed by atoms with Crippen LogP contribution in [0, 0.1) is 17.8 Å². The molecule has 1 aliphatic rings. The zero-order chi connectivity index (χ0) is 13.7. The molecule has 1 heterocycles. The molecule has 1 fully saturated rings. The summed E-state index contributed by atoms with van der Waals surface area (Å²) >= 11 is 0. The predicted molar refractivity (Wildman–Crippen MR) is 78.7 cm³/mol. The smallest absolute Gasteiger partial charge is 0.104 e. The molecule has 2 nitrogen and oxygen atoms in total. The number of piperidine rings is 1. The lowest BCUT2D eigenvalue weighted by Gasteiger charge is -2.38. The van der Waals surface area contributed by atoms with Crippen LogP contribution in [0.3, 0.4) is 0 Å². The first-order valence-corrected chi connectivity index (χ1v) is 7.13. The highest BCUT2D eigenvalue weighted by molar-refractivity contribution is 5.36. The van der Waals surface area contributed by atoms with Gasteiger partial charge in [0, 0.05) is 18.2 Å². The molecular weight excluding hydrogens is 234 g/mol. The standard InChI is InChI=1S/C17H23NO/c1-14-5-3-11-18(15(14)2)13-17-9-7-16(8-10-17)6-4-12-19/h7-10,14-15,19H,3,5,11-13H2,1-2H3. The normalized spacial score (nSPS) is 23.7. The van der Waals surface area contributed by atoms with Gasteiger partial charge >= 0.3 is 0 Å². The third kappa shape index (κ3) is 3.83. The molecule has 0 aromatic heterocycles. The Morgan fingerprint density at radius 3 is 2.68 bits per heavy atom. The van der Waals surface area contributed by atoms with Gasteiger partial charge in [-0.15, -0.1) is 0 Å². The Hall–Kier alpha value is -1.30. The van der Waals surface area contributed by atoms with E-state index in [4.69, 9.17) is 5.11 Å². The van der Waals surface area contributed by atoms with E-state index in [-0.39, 0.29) is 6.61 Å². The summed E-state index contributed by atoms with van der Waals surface area (Å²) in [7, 11) is 0. The van der Waals surface area contributed by atoms with Crippen LogP contribution in [0.25, 0.3) is 0 Å². The van der Waals surface area contributed by atoms with Crippen LogP contribution in [0.2, 0.25) is 0 Å². The Balaban J connectivity index is 1.99.